The first-order valence-electron chi connectivity index (χ1n) is 3.75. The highest BCUT2D eigenvalue weighted by Gasteiger charge is 2.23. The Morgan fingerprint density at radius 3 is 2.75 bits per heavy atom. The molecule has 1 aromatic carbocycles. The maximum atomic E-state index is 11.5. The number of allylic oxidation sites excluding steroid dienone is 1. The van der Waals surface area contributed by atoms with Gasteiger partial charge in [0.25, 0.3) is 0 Å². The SMILES string of the molecule is O=C1/C(=C\Cl)Cc2ccccc21. The highest BCUT2D eigenvalue weighted by Crippen LogP contribution is 2.25. The van der Waals surface area contributed by atoms with Crippen molar-refractivity contribution in [3.63, 3.8) is 0 Å². The number of hydrogen-bond acceptors (Lipinski definition) is 1. The Balaban J connectivity index is 2.56. The van der Waals surface area contributed by atoms with Crippen LogP contribution in [0.2, 0.25) is 0 Å². The molecule has 0 spiro atoms. The molecule has 0 saturated carbocycles. The summed E-state index contributed by atoms with van der Waals surface area (Å²) in [5, 5.41) is 0. The van der Waals surface area contributed by atoms with E-state index < -0.39 is 0 Å². The lowest BCUT2D eigenvalue weighted by molar-refractivity contribution is 0.103. The molecule has 1 aliphatic carbocycles. The van der Waals surface area contributed by atoms with Crippen molar-refractivity contribution in [1.82, 2.24) is 0 Å². The number of fused-ring (bicyclic) bond motifs is 1. The van der Waals surface area contributed by atoms with Crippen LogP contribution in [0.25, 0.3) is 0 Å². The fourth-order valence-corrected chi connectivity index (χ4v) is 1.62. The van der Waals surface area contributed by atoms with Crippen molar-refractivity contribution in [3.8, 4) is 0 Å². The third-order valence-electron chi connectivity index (χ3n) is 2.07. The number of rotatable bonds is 0. The maximum absolute atomic E-state index is 11.5. The van der Waals surface area contributed by atoms with Crippen molar-refractivity contribution >= 4 is 17.4 Å². The number of ketones is 1. The summed E-state index contributed by atoms with van der Waals surface area (Å²) in [7, 11) is 0. The molecule has 1 aromatic rings. The van der Waals surface area contributed by atoms with Crippen LogP contribution in [0.3, 0.4) is 0 Å². The second kappa shape index (κ2) is 2.76. The number of hydrogen-bond donors (Lipinski definition) is 0. The molecule has 1 aliphatic rings. The first kappa shape index (κ1) is 7.56. The van der Waals surface area contributed by atoms with Gasteiger partial charge in [-0.3, -0.25) is 4.79 Å². The Morgan fingerprint density at radius 1 is 1.33 bits per heavy atom. The van der Waals surface area contributed by atoms with E-state index in [1.54, 1.807) is 0 Å². The lowest BCUT2D eigenvalue weighted by Crippen LogP contribution is -1.93. The van der Waals surface area contributed by atoms with Crippen molar-refractivity contribution in [2.45, 2.75) is 6.42 Å². The fourth-order valence-electron chi connectivity index (χ4n) is 1.44. The van der Waals surface area contributed by atoms with Gasteiger partial charge in [-0.2, -0.15) is 0 Å². The first-order valence-corrected chi connectivity index (χ1v) is 4.18. The van der Waals surface area contributed by atoms with Crippen molar-refractivity contribution in [2.24, 2.45) is 0 Å². The smallest absolute Gasteiger partial charge is 0.190 e. The van der Waals surface area contributed by atoms with E-state index >= 15 is 0 Å². The van der Waals surface area contributed by atoms with E-state index in [1.165, 1.54) is 5.54 Å². The zero-order chi connectivity index (χ0) is 8.55. The molecule has 0 heterocycles. The molecular weight excluding hydrogens is 172 g/mol. The topological polar surface area (TPSA) is 17.1 Å². The van der Waals surface area contributed by atoms with Gasteiger partial charge in [0.05, 0.1) is 0 Å². The summed E-state index contributed by atoms with van der Waals surface area (Å²) in [4.78, 5) is 11.5. The molecule has 60 valence electrons. The molecule has 12 heavy (non-hydrogen) atoms. The summed E-state index contributed by atoms with van der Waals surface area (Å²) in [6.07, 6.45) is 0.679. The van der Waals surface area contributed by atoms with E-state index in [9.17, 15) is 4.79 Å². The molecule has 0 unspecified atom stereocenters. The quantitative estimate of drug-likeness (QED) is 0.558. The van der Waals surface area contributed by atoms with Crippen LogP contribution in [-0.2, 0) is 6.42 Å². The normalized spacial score (nSPS) is 18.4. The highest BCUT2D eigenvalue weighted by molar-refractivity contribution is 6.29. The lowest BCUT2D eigenvalue weighted by Gasteiger charge is -1.91. The van der Waals surface area contributed by atoms with Crippen LogP contribution in [0.4, 0.5) is 0 Å². The summed E-state index contributed by atoms with van der Waals surface area (Å²) < 4.78 is 0. The van der Waals surface area contributed by atoms with Gasteiger partial charge in [0.2, 0.25) is 0 Å². The average molecular weight is 179 g/mol. The van der Waals surface area contributed by atoms with Crippen LogP contribution < -0.4 is 0 Å². The largest absolute Gasteiger partial charge is 0.289 e. The molecule has 0 aromatic heterocycles. The van der Waals surface area contributed by atoms with Gasteiger partial charge < -0.3 is 0 Å². The van der Waals surface area contributed by atoms with Gasteiger partial charge in [0.1, 0.15) is 0 Å². The molecule has 2 rings (SSSR count). The minimum atomic E-state index is 0.0700. The summed E-state index contributed by atoms with van der Waals surface area (Å²) in [5.74, 6) is 0.0700. The summed E-state index contributed by atoms with van der Waals surface area (Å²) >= 11 is 5.51. The van der Waals surface area contributed by atoms with Crippen LogP contribution in [0.15, 0.2) is 35.4 Å². The van der Waals surface area contributed by atoms with Crippen molar-refractivity contribution in [1.29, 1.82) is 0 Å². The minimum Gasteiger partial charge on any atom is -0.289 e. The second-order valence-corrected chi connectivity index (χ2v) is 3.02. The predicted octanol–water partition coefficient (Wildman–Crippen LogP) is 2.55. The van der Waals surface area contributed by atoms with Gasteiger partial charge in [0, 0.05) is 23.1 Å². The number of benzene rings is 1. The van der Waals surface area contributed by atoms with E-state index in [4.69, 9.17) is 11.6 Å². The molecule has 0 amide bonds. The first-order chi connectivity index (χ1) is 5.83. The average Bonchev–Trinajstić information content (AvgIpc) is 2.44. The number of Topliss-reactive ketones (excluding diaryl/α,β-unsaturated/α-hetero) is 1. The van der Waals surface area contributed by atoms with Gasteiger partial charge in [-0.05, 0) is 5.56 Å². The van der Waals surface area contributed by atoms with Crippen LogP contribution in [-0.4, -0.2) is 5.78 Å². The Morgan fingerprint density at radius 2 is 2.08 bits per heavy atom. The van der Waals surface area contributed by atoms with E-state index in [1.807, 2.05) is 24.3 Å². The molecule has 2 heteroatoms. The Kier molecular flexibility index (Phi) is 1.74. The van der Waals surface area contributed by atoms with Gasteiger partial charge in [0.15, 0.2) is 5.78 Å². The van der Waals surface area contributed by atoms with Crippen molar-refractivity contribution in [3.05, 3.63) is 46.5 Å². The zero-order valence-electron chi connectivity index (χ0n) is 6.38. The van der Waals surface area contributed by atoms with Gasteiger partial charge in [-0.15, -0.1) is 0 Å². The number of carbonyl (C=O) groups excluding carboxylic acids is 1. The highest BCUT2D eigenvalue weighted by atomic mass is 35.5. The van der Waals surface area contributed by atoms with Crippen LogP contribution in [0.1, 0.15) is 15.9 Å². The molecule has 0 atom stereocenters. The van der Waals surface area contributed by atoms with Crippen molar-refractivity contribution in [2.75, 3.05) is 0 Å². The second-order valence-electron chi connectivity index (χ2n) is 2.80. The molecule has 0 fully saturated rings. The van der Waals surface area contributed by atoms with E-state index in [0.29, 0.717) is 12.0 Å². The Labute approximate surface area is 75.7 Å². The third-order valence-corrected chi connectivity index (χ3v) is 2.33. The lowest BCUT2D eigenvalue weighted by atomic mass is 10.1. The fraction of sp³-hybridized carbons (Fsp3) is 0.100. The maximum Gasteiger partial charge on any atom is 0.190 e. The number of carbonyl (C=O) groups is 1. The van der Waals surface area contributed by atoms with Crippen molar-refractivity contribution < 1.29 is 4.79 Å². The zero-order valence-corrected chi connectivity index (χ0v) is 7.14. The summed E-state index contributed by atoms with van der Waals surface area (Å²) in [5.41, 5.74) is 3.94. The minimum absolute atomic E-state index is 0.0700. The van der Waals surface area contributed by atoms with Gasteiger partial charge >= 0.3 is 0 Å². The standard InChI is InChI=1S/C10H7ClO/c11-6-8-5-7-3-1-2-4-9(7)10(8)12/h1-4,6H,5H2/b8-6-. The Hall–Kier alpha value is -1.08. The van der Waals surface area contributed by atoms with E-state index in [-0.39, 0.29) is 5.78 Å². The monoisotopic (exact) mass is 178 g/mol. The number of halogens is 1. The molecule has 0 bridgehead atoms. The van der Waals surface area contributed by atoms with Gasteiger partial charge in [-0.25, -0.2) is 0 Å². The molecule has 0 saturated heterocycles. The molecule has 1 nitrogen and oxygen atoms in total. The third kappa shape index (κ3) is 0.978. The molecular formula is C10H7ClO. The summed E-state index contributed by atoms with van der Waals surface area (Å²) in [6.45, 7) is 0. The Bertz CT molecular complexity index is 366. The van der Waals surface area contributed by atoms with E-state index in [2.05, 4.69) is 0 Å². The summed E-state index contributed by atoms with van der Waals surface area (Å²) in [6, 6.07) is 7.60. The molecule has 0 radical (unpaired) electrons. The van der Waals surface area contributed by atoms with E-state index in [0.717, 1.165) is 11.1 Å². The van der Waals surface area contributed by atoms with Crippen LogP contribution in [0.5, 0.6) is 0 Å². The predicted molar refractivity (Wildman–Crippen MR) is 48.4 cm³/mol. The molecule has 0 aliphatic heterocycles. The molecule has 0 N–H and O–H groups in total. The van der Waals surface area contributed by atoms with Crippen LogP contribution in [0, 0.1) is 0 Å². The van der Waals surface area contributed by atoms with Crippen LogP contribution >= 0.6 is 11.6 Å². The van der Waals surface area contributed by atoms with Gasteiger partial charge in [-0.1, -0.05) is 35.9 Å².